The van der Waals surface area contributed by atoms with E-state index in [1.54, 1.807) is 28.9 Å². The maximum absolute atomic E-state index is 12.8. The van der Waals surface area contributed by atoms with Crippen molar-refractivity contribution in [3.63, 3.8) is 0 Å². The Morgan fingerprint density at radius 1 is 1.23 bits per heavy atom. The zero-order chi connectivity index (χ0) is 22.0. The van der Waals surface area contributed by atoms with Crippen molar-refractivity contribution in [3.05, 3.63) is 42.5 Å². The molecule has 0 radical (unpaired) electrons. The molecule has 3 amide bonds. The number of hydrogen-bond acceptors (Lipinski definition) is 6. The maximum atomic E-state index is 12.8. The van der Waals surface area contributed by atoms with Crippen LogP contribution in [0.1, 0.15) is 49.5 Å². The molecule has 1 fully saturated rings. The lowest BCUT2D eigenvalue weighted by Crippen LogP contribution is -2.58. The largest absolute Gasteiger partial charge is 0.362 e. The predicted octanol–water partition coefficient (Wildman–Crippen LogP) is 0.908. The molecule has 3 heterocycles. The van der Waals surface area contributed by atoms with E-state index in [0.29, 0.717) is 31.5 Å². The van der Waals surface area contributed by atoms with E-state index in [0.717, 1.165) is 5.69 Å². The fourth-order valence-corrected chi connectivity index (χ4v) is 4.12. The number of anilines is 1. The first-order valence-corrected chi connectivity index (χ1v) is 10.5. The summed E-state index contributed by atoms with van der Waals surface area (Å²) in [5.74, 6) is -0.468. The Labute approximate surface area is 180 Å². The van der Waals surface area contributed by atoms with Crippen molar-refractivity contribution in [2.75, 3.05) is 18.4 Å². The molecule has 0 saturated carbocycles. The molecular weight excluding hydrogens is 398 g/mol. The Morgan fingerprint density at radius 3 is 2.81 bits per heavy atom. The van der Waals surface area contributed by atoms with Crippen molar-refractivity contribution in [2.45, 2.75) is 50.9 Å². The zero-order valence-corrected chi connectivity index (χ0v) is 17.7. The lowest BCUT2D eigenvalue weighted by molar-refractivity contribution is -0.139. The molecule has 4 rings (SSSR count). The first-order valence-electron chi connectivity index (χ1n) is 10.5. The molecule has 164 valence electrons. The fraction of sp³-hybridized carbons (Fsp3) is 0.476. The molecule has 10 heteroatoms. The highest BCUT2D eigenvalue weighted by Gasteiger charge is 2.41. The van der Waals surface area contributed by atoms with Gasteiger partial charge in [-0.25, -0.2) is 9.67 Å². The molecule has 1 aromatic carbocycles. The summed E-state index contributed by atoms with van der Waals surface area (Å²) in [6, 6.07) is 6.66. The van der Waals surface area contributed by atoms with Gasteiger partial charge in [0.15, 0.2) is 0 Å². The lowest BCUT2D eigenvalue weighted by Gasteiger charge is -2.40. The van der Waals surface area contributed by atoms with Crippen LogP contribution in [0.15, 0.2) is 36.9 Å². The summed E-state index contributed by atoms with van der Waals surface area (Å²) in [6.45, 7) is 4.40. The van der Waals surface area contributed by atoms with Gasteiger partial charge >= 0.3 is 0 Å². The smallest absolute Gasteiger partial charge is 0.255 e. The fourth-order valence-electron chi connectivity index (χ4n) is 4.12. The molecule has 2 aromatic rings. The summed E-state index contributed by atoms with van der Waals surface area (Å²) in [7, 11) is 0. The Kier molecular flexibility index (Phi) is 5.62. The molecule has 1 spiro atoms. The van der Waals surface area contributed by atoms with Gasteiger partial charge in [-0.05, 0) is 32.4 Å². The topological polar surface area (TPSA) is 121 Å². The average Bonchev–Trinajstić information content (AvgIpc) is 3.26. The van der Waals surface area contributed by atoms with Crippen LogP contribution in [-0.4, -0.2) is 62.2 Å². The van der Waals surface area contributed by atoms with Gasteiger partial charge in [-0.1, -0.05) is 12.1 Å². The molecule has 31 heavy (non-hydrogen) atoms. The Balaban J connectivity index is 1.40. The molecule has 0 aliphatic carbocycles. The van der Waals surface area contributed by atoms with Gasteiger partial charge < -0.3 is 20.9 Å². The molecule has 1 saturated heterocycles. The van der Waals surface area contributed by atoms with Gasteiger partial charge in [-0.15, -0.1) is 0 Å². The Hall–Kier alpha value is -3.43. The molecule has 10 nitrogen and oxygen atoms in total. The van der Waals surface area contributed by atoms with Crippen LogP contribution in [0.2, 0.25) is 0 Å². The molecule has 0 unspecified atom stereocenters. The number of likely N-dealkylation sites (tertiary alicyclic amines) is 1. The highest BCUT2D eigenvalue weighted by molar-refractivity contribution is 6.02. The molecule has 3 N–H and O–H groups in total. The number of benzene rings is 1. The highest BCUT2D eigenvalue weighted by Crippen LogP contribution is 2.32. The second kappa shape index (κ2) is 8.37. The van der Waals surface area contributed by atoms with E-state index in [4.69, 9.17) is 0 Å². The predicted molar refractivity (Wildman–Crippen MR) is 113 cm³/mol. The number of para-hydroxylation sites is 1. The van der Waals surface area contributed by atoms with E-state index < -0.39 is 11.7 Å². The summed E-state index contributed by atoms with van der Waals surface area (Å²) in [6.07, 6.45) is 4.25. The van der Waals surface area contributed by atoms with Crippen LogP contribution in [0, 0.1) is 0 Å². The molecule has 0 bridgehead atoms. The van der Waals surface area contributed by atoms with Crippen LogP contribution >= 0.6 is 0 Å². The number of hydrogen-bond donors (Lipinski definition) is 3. The minimum absolute atomic E-state index is 0.0523. The highest BCUT2D eigenvalue weighted by atomic mass is 16.2. The minimum Gasteiger partial charge on any atom is -0.362 e. The zero-order valence-electron chi connectivity index (χ0n) is 17.7. The third kappa shape index (κ3) is 4.23. The van der Waals surface area contributed by atoms with Crippen molar-refractivity contribution in [1.29, 1.82) is 0 Å². The van der Waals surface area contributed by atoms with E-state index in [1.165, 1.54) is 6.33 Å². The quantitative estimate of drug-likeness (QED) is 0.655. The van der Waals surface area contributed by atoms with Gasteiger partial charge in [0.25, 0.3) is 5.91 Å². The van der Waals surface area contributed by atoms with Gasteiger partial charge in [0.2, 0.25) is 11.8 Å². The van der Waals surface area contributed by atoms with Crippen LogP contribution in [0.3, 0.4) is 0 Å². The van der Waals surface area contributed by atoms with Crippen molar-refractivity contribution in [3.8, 4) is 0 Å². The van der Waals surface area contributed by atoms with Crippen LogP contribution in [0.4, 0.5) is 5.69 Å². The van der Waals surface area contributed by atoms with E-state index in [9.17, 15) is 14.4 Å². The minimum atomic E-state index is -0.701. The summed E-state index contributed by atoms with van der Waals surface area (Å²) < 4.78 is 1.67. The summed E-state index contributed by atoms with van der Waals surface area (Å²) >= 11 is 0. The number of nitrogens with one attached hydrogen (secondary N) is 3. The van der Waals surface area contributed by atoms with Crippen molar-refractivity contribution in [1.82, 2.24) is 30.3 Å². The number of rotatable bonds is 5. The van der Waals surface area contributed by atoms with Crippen LogP contribution in [-0.2, 0) is 9.59 Å². The second-order valence-electron chi connectivity index (χ2n) is 8.19. The van der Waals surface area contributed by atoms with E-state index >= 15 is 0 Å². The number of carbonyl (C=O) groups excluding carboxylic acids is 3. The first kappa shape index (κ1) is 20.8. The molecule has 3 atom stereocenters. The van der Waals surface area contributed by atoms with Crippen molar-refractivity contribution >= 4 is 23.4 Å². The Morgan fingerprint density at radius 2 is 2.03 bits per heavy atom. The molecule has 2 aliphatic heterocycles. The standard InChI is InChI=1S/C21H27N7O3/c1-14(28-13-22-12-24-28)11-23-19(30)15(2)27-10-9-21(8-7-18(27)29)25-17-6-4-3-5-16(17)20(31)26-21/h3-6,12-15,25H,7-11H2,1-2H3,(H,23,30)(H,26,31)/t14-,15+,21-/m0/s1. The summed E-state index contributed by atoms with van der Waals surface area (Å²) in [5.41, 5.74) is 0.656. The van der Waals surface area contributed by atoms with Gasteiger partial charge in [-0.3, -0.25) is 14.4 Å². The third-order valence-electron chi connectivity index (χ3n) is 6.07. The number of carbonyl (C=O) groups is 3. The average molecular weight is 425 g/mol. The SMILES string of the molecule is C[C@H](C(=O)NC[C@H](C)n1cncn1)N1CC[C@]2(CCC1=O)NC(=O)c1ccccc1N2. The number of fused-ring (bicyclic) bond motifs is 1. The second-order valence-corrected chi connectivity index (χ2v) is 8.19. The van der Waals surface area contributed by atoms with Gasteiger partial charge in [0.1, 0.15) is 24.4 Å². The third-order valence-corrected chi connectivity index (χ3v) is 6.07. The van der Waals surface area contributed by atoms with Gasteiger partial charge in [0, 0.05) is 31.6 Å². The molecule has 1 aromatic heterocycles. The Bertz CT molecular complexity index is 977. The van der Waals surface area contributed by atoms with Crippen LogP contribution in [0.5, 0.6) is 0 Å². The number of aromatic nitrogens is 3. The van der Waals surface area contributed by atoms with Gasteiger partial charge in [-0.2, -0.15) is 5.10 Å². The monoisotopic (exact) mass is 425 g/mol. The van der Waals surface area contributed by atoms with E-state index in [2.05, 4.69) is 26.0 Å². The van der Waals surface area contributed by atoms with E-state index in [-0.39, 0.29) is 30.2 Å². The van der Waals surface area contributed by atoms with E-state index in [1.807, 2.05) is 25.1 Å². The first-order chi connectivity index (χ1) is 14.9. The summed E-state index contributed by atoms with van der Waals surface area (Å²) in [4.78, 5) is 43.6. The number of amides is 3. The van der Waals surface area contributed by atoms with Crippen LogP contribution < -0.4 is 16.0 Å². The summed E-state index contributed by atoms with van der Waals surface area (Å²) in [5, 5.41) is 13.4. The number of nitrogens with zero attached hydrogens (tertiary/aromatic N) is 4. The van der Waals surface area contributed by atoms with Crippen molar-refractivity contribution < 1.29 is 14.4 Å². The van der Waals surface area contributed by atoms with Crippen molar-refractivity contribution in [2.24, 2.45) is 0 Å². The lowest BCUT2D eigenvalue weighted by atomic mass is 9.95. The normalized spacial score (nSPS) is 22.7. The molecule has 2 aliphatic rings. The van der Waals surface area contributed by atoms with Crippen LogP contribution in [0.25, 0.3) is 0 Å². The maximum Gasteiger partial charge on any atom is 0.255 e. The van der Waals surface area contributed by atoms with Gasteiger partial charge in [0.05, 0.1) is 11.6 Å². The molecular formula is C21H27N7O3.